The van der Waals surface area contributed by atoms with E-state index in [-0.39, 0.29) is 29.1 Å². The molecule has 1 fully saturated rings. The Kier molecular flexibility index (Phi) is 5.09. The van der Waals surface area contributed by atoms with Gasteiger partial charge in [0, 0.05) is 48.2 Å². The fourth-order valence-corrected chi connectivity index (χ4v) is 6.67. The third kappa shape index (κ3) is 3.45. The lowest BCUT2D eigenvalue weighted by Crippen LogP contribution is -2.68. The van der Waals surface area contributed by atoms with Crippen LogP contribution in [-0.2, 0) is 30.2 Å². The summed E-state index contributed by atoms with van der Waals surface area (Å²) >= 11 is 0. The van der Waals surface area contributed by atoms with Crippen LogP contribution < -0.4 is 5.32 Å². The molecule has 2 aliphatic rings. The minimum Gasteiger partial charge on any atom is -0.445 e. The maximum atomic E-state index is 12.5. The van der Waals surface area contributed by atoms with Gasteiger partial charge in [0.2, 0.25) is 0 Å². The number of likely N-dealkylation sites (N-methyl/N-ethyl adjacent to an activating group) is 1. The molecule has 174 valence electrons. The summed E-state index contributed by atoms with van der Waals surface area (Å²) < 4.78 is 7.74. The molecule has 1 amide bonds. The minimum atomic E-state index is -0.350. The van der Waals surface area contributed by atoms with E-state index in [0.29, 0.717) is 6.54 Å². The van der Waals surface area contributed by atoms with Gasteiger partial charge in [0.05, 0.1) is 0 Å². The van der Waals surface area contributed by atoms with Crippen LogP contribution in [0.5, 0.6) is 0 Å². The van der Waals surface area contributed by atoms with E-state index in [0.717, 1.165) is 24.9 Å². The number of aryl methyl sites for hydroxylation is 1. The third-order valence-corrected chi connectivity index (χ3v) is 8.52. The number of hydrogen-bond acceptors (Lipinski definition) is 3. The van der Waals surface area contributed by atoms with E-state index in [2.05, 4.69) is 74.0 Å². The van der Waals surface area contributed by atoms with Gasteiger partial charge in [0.25, 0.3) is 0 Å². The molecule has 0 saturated carbocycles. The molecule has 33 heavy (non-hydrogen) atoms. The van der Waals surface area contributed by atoms with Gasteiger partial charge in [-0.2, -0.15) is 0 Å². The van der Waals surface area contributed by atoms with Crippen LogP contribution in [0.3, 0.4) is 0 Å². The normalized spacial score (nSPS) is 29.0. The van der Waals surface area contributed by atoms with Crippen molar-refractivity contribution in [3.63, 3.8) is 0 Å². The Morgan fingerprint density at radius 1 is 1.06 bits per heavy atom. The van der Waals surface area contributed by atoms with E-state index in [1.54, 1.807) is 0 Å². The predicted octanol–water partition coefficient (Wildman–Crippen LogP) is 5.02. The predicted molar refractivity (Wildman–Crippen MR) is 132 cm³/mol. The number of fused-ring (bicyclic) bond motifs is 2. The molecule has 2 aromatic carbocycles. The van der Waals surface area contributed by atoms with Gasteiger partial charge in [-0.05, 0) is 55.0 Å². The summed E-state index contributed by atoms with van der Waals surface area (Å²) in [7, 11) is 4.39. The molecule has 0 bridgehead atoms. The number of amides is 1. The molecule has 1 aliphatic carbocycles. The van der Waals surface area contributed by atoms with E-state index >= 15 is 0 Å². The molecule has 1 aliphatic heterocycles. The summed E-state index contributed by atoms with van der Waals surface area (Å²) in [6, 6.07) is 16.6. The van der Waals surface area contributed by atoms with Gasteiger partial charge in [-0.3, -0.25) is 4.90 Å². The molecule has 5 rings (SSSR count). The van der Waals surface area contributed by atoms with Gasteiger partial charge >= 0.3 is 6.09 Å². The zero-order chi connectivity index (χ0) is 23.4. The van der Waals surface area contributed by atoms with Crippen molar-refractivity contribution in [3.05, 3.63) is 71.4 Å². The minimum absolute atomic E-state index is 0.0168. The lowest BCUT2D eigenvalue weighted by atomic mass is 9.52. The Labute approximate surface area is 196 Å². The highest BCUT2D eigenvalue weighted by molar-refractivity contribution is 5.90. The van der Waals surface area contributed by atoms with Gasteiger partial charge in [-0.1, -0.05) is 56.3 Å². The molecule has 5 heteroatoms. The second-order valence-corrected chi connectivity index (χ2v) is 11.0. The first-order valence-electron chi connectivity index (χ1n) is 11.9. The molecule has 3 aromatic rings. The Balaban J connectivity index is 1.38. The summed E-state index contributed by atoms with van der Waals surface area (Å²) in [5.74, 6) is 0. The van der Waals surface area contributed by atoms with Crippen molar-refractivity contribution < 1.29 is 9.53 Å². The zero-order valence-electron chi connectivity index (χ0n) is 20.4. The number of carbonyl (C=O) groups excluding carboxylic acids is 1. The van der Waals surface area contributed by atoms with Crippen LogP contribution in [0.25, 0.3) is 10.9 Å². The van der Waals surface area contributed by atoms with Crippen molar-refractivity contribution in [1.82, 2.24) is 14.8 Å². The molecule has 2 heterocycles. The molecule has 3 atom stereocenters. The van der Waals surface area contributed by atoms with Crippen molar-refractivity contribution in [1.29, 1.82) is 0 Å². The number of hydrogen-bond donors (Lipinski definition) is 1. The second-order valence-electron chi connectivity index (χ2n) is 11.0. The lowest BCUT2D eigenvalue weighted by molar-refractivity contribution is -0.0542. The van der Waals surface area contributed by atoms with E-state index in [1.165, 1.54) is 22.0 Å². The van der Waals surface area contributed by atoms with Crippen LogP contribution >= 0.6 is 0 Å². The first-order valence-corrected chi connectivity index (χ1v) is 11.9. The maximum Gasteiger partial charge on any atom is 0.407 e. The fraction of sp³-hybridized carbons (Fsp3) is 0.464. The van der Waals surface area contributed by atoms with Crippen LogP contribution in [0.2, 0.25) is 0 Å². The van der Waals surface area contributed by atoms with Gasteiger partial charge in [0.1, 0.15) is 6.61 Å². The largest absolute Gasteiger partial charge is 0.445 e. The molecule has 1 N–H and O–H groups in total. The number of carbonyl (C=O) groups is 1. The highest BCUT2D eigenvalue weighted by Gasteiger charge is 2.58. The number of rotatable bonds is 4. The lowest BCUT2D eigenvalue weighted by Gasteiger charge is -2.62. The monoisotopic (exact) mass is 445 g/mol. The average molecular weight is 446 g/mol. The Bertz CT molecular complexity index is 1200. The van der Waals surface area contributed by atoms with Crippen molar-refractivity contribution >= 4 is 17.0 Å². The van der Waals surface area contributed by atoms with Gasteiger partial charge < -0.3 is 14.6 Å². The first kappa shape index (κ1) is 22.0. The van der Waals surface area contributed by atoms with Crippen molar-refractivity contribution in [2.45, 2.75) is 51.2 Å². The summed E-state index contributed by atoms with van der Waals surface area (Å²) in [6.45, 7) is 8.96. The van der Waals surface area contributed by atoms with E-state index < -0.39 is 0 Å². The van der Waals surface area contributed by atoms with E-state index in [9.17, 15) is 4.79 Å². The topological polar surface area (TPSA) is 46.5 Å². The second kappa shape index (κ2) is 7.63. The molecule has 3 unspecified atom stereocenters. The third-order valence-electron chi connectivity index (χ3n) is 8.52. The average Bonchev–Trinajstić information content (AvgIpc) is 3.10. The summed E-state index contributed by atoms with van der Waals surface area (Å²) in [5, 5.41) is 4.49. The van der Waals surface area contributed by atoms with Crippen LogP contribution in [0.1, 0.15) is 43.9 Å². The standard InChI is InChI=1S/C28H35N3O2/c1-26(18-29-25(32)33-16-20-10-7-6-8-11-20)17-27(2)22-12-9-13-23-24(22)21(15-30(23)4)14-28(27,3)31(5)19-26/h6-13,15H,14,16-19H2,1-5H3,(H,29,32). The molecule has 1 saturated heterocycles. The molecule has 0 spiro atoms. The molecule has 1 aromatic heterocycles. The van der Waals surface area contributed by atoms with E-state index in [1.807, 2.05) is 30.3 Å². The summed E-state index contributed by atoms with van der Waals surface area (Å²) in [5.41, 5.74) is 5.11. The molecule has 5 nitrogen and oxygen atoms in total. The van der Waals surface area contributed by atoms with Crippen molar-refractivity contribution in [2.75, 3.05) is 20.1 Å². The molecular formula is C28H35N3O2. The van der Waals surface area contributed by atoms with E-state index in [4.69, 9.17) is 4.74 Å². The molecule has 0 radical (unpaired) electrons. The summed E-state index contributed by atoms with van der Waals surface area (Å²) in [4.78, 5) is 15.0. The fourth-order valence-electron chi connectivity index (χ4n) is 6.67. The molecular weight excluding hydrogens is 410 g/mol. The number of nitrogens with zero attached hydrogens (tertiary/aromatic N) is 2. The number of nitrogens with one attached hydrogen (secondary N) is 1. The Hall–Kier alpha value is -2.79. The zero-order valence-corrected chi connectivity index (χ0v) is 20.4. The van der Waals surface area contributed by atoms with Gasteiger partial charge in [-0.15, -0.1) is 0 Å². The first-order chi connectivity index (χ1) is 15.7. The van der Waals surface area contributed by atoms with Crippen molar-refractivity contribution in [2.24, 2.45) is 12.5 Å². The maximum absolute atomic E-state index is 12.5. The van der Waals surface area contributed by atoms with Crippen LogP contribution in [-0.4, -0.2) is 41.2 Å². The Morgan fingerprint density at radius 2 is 1.82 bits per heavy atom. The smallest absolute Gasteiger partial charge is 0.407 e. The number of likely N-dealkylation sites (tertiary alicyclic amines) is 1. The number of alkyl carbamates (subject to hydrolysis) is 1. The quantitative estimate of drug-likeness (QED) is 0.613. The number of benzene rings is 2. The highest BCUT2D eigenvalue weighted by atomic mass is 16.5. The SMILES string of the molecule is CN1CC(C)(CNC(=O)OCc2ccccc2)CC2(C)c3cccc4c3c(cn4C)CC12C. The van der Waals surface area contributed by atoms with Crippen molar-refractivity contribution in [3.8, 4) is 0 Å². The number of ether oxygens (including phenoxy) is 1. The van der Waals surface area contributed by atoms with Crippen LogP contribution in [0.4, 0.5) is 4.79 Å². The number of piperidine rings is 1. The number of aromatic nitrogens is 1. The van der Waals surface area contributed by atoms with Crippen LogP contribution in [0.15, 0.2) is 54.7 Å². The summed E-state index contributed by atoms with van der Waals surface area (Å²) in [6.07, 6.45) is 4.01. The highest BCUT2D eigenvalue weighted by Crippen LogP contribution is 2.57. The van der Waals surface area contributed by atoms with Gasteiger partial charge in [-0.25, -0.2) is 4.79 Å². The van der Waals surface area contributed by atoms with Gasteiger partial charge in [0.15, 0.2) is 0 Å². The Morgan fingerprint density at radius 3 is 2.58 bits per heavy atom. The van der Waals surface area contributed by atoms with Crippen LogP contribution in [0, 0.1) is 5.41 Å².